The van der Waals surface area contributed by atoms with Crippen LogP contribution in [0.3, 0.4) is 0 Å². The van der Waals surface area contributed by atoms with E-state index in [1.807, 2.05) is 35.9 Å². The summed E-state index contributed by atoms with van der Waals surface area (Å²) in [6, 6.07) is 16.3. The van der Waals surface area contributed by atoms with Crippen LogP contribution in [0.15, 0.2) is 54.9 Å². The number of aromatic nitrogens is 3. The fourth-order valence-corrected chi connectivity index (χ4v) is 3.83. The minimum atomic E-state index is -0.110. The maximum absolute atomic E-state index is 12.8. The van der Waals surface area contributed by atoms with E-state index in [1.165, 1.54) is 17.5 Å². The highest BCUT2D eigenvalue weighted by atomic mass is 16.5. The monoisotopic (exact) mass is 376 g/mol. The molecule has 0 fully saturated rings. The normalized spacial score (nSPS) is 18.6. The second-order valence-corrected chi connectivity index (χ2v) is 7.07. The van der Waals surface area contributed by atoms with Crippen LogP contribution in [-0.4, -0.2) is 27.8 Å². The van der Waals surface area contributed by atoms with E-state index in [0.717, 1.165) is 17.7 Å². The highest BCUT2D eigenvalue weighted by Gasteiger charge is 2.38. The van der Waals surface area contributed by atoms with Gasteiger partial charge in [-0.3, -0.25) is 9.69 Å². The van der Waals surface area contributed by atoms with Gasteiger partial charge in [-0.15, -0.1) is 0 Å². The molecule has 0 spiro atoms. The fourth-order valence-electron chi connectivity index (χ4n) is 3.83. The van der Waals surface area contributed by atoms with Crippen molar-refractivity contribution in [2.45, 2.75) is 38.8 Å². The van der Waals surface area contributed by atoms with Crippen LogP contribution in [-0.2, 0) is 4.79 Å². The van der Waals surface area contributed by atoms with Gasteiger partial charge in [0.2, 0.25) is 11.9 Å². The van der Waals surface area contributed by atoms with Crippen molar-refractivity contribution < 1.29 is 9.53 Å². The second-order valence-electron chi connectivity index (χ2n) is 7.07. The molecule has 4 rings (SSSR count). The maximum Gasteiger partial charge on any atom is 0.231 e. The summed E-state index contributed by atoms with van der Waals surface area (Å²) in [5.41, 5.74) is 3.45. The Morgan fingerprint density at radius 2 is 1.71 bits per heavy atom. The molecule has 0 radical (unpaired) electrons. The number of methoxy groups -OCH3 is 1. The lowest BCUT2D eigenvalue weighted by Crippen LogP contribution is -2.42. The maximum atomic E-state index is 12.8. The molecule has 0 saturated carbocycles. The highest BCUT2D eigenvalue weighted by Crippen LogP contribution is 2.42. The summed E-state index contributed by atoms with van der Waals surface area (Å²) in [5.74, 6) is 1.44. The van der Waals surface area contributed by atoms with Crippen molar-refractivity contribution in [2.24, 2.45) is 0 Å². The number of carbonyl (C=O) groups is 1. The average Bonchev–Trinajstić information content (AvgIpc) is 3.22. The minimum Gasteiger partial charge on any atom is -0.497 e. The first-order valence-corrected chi connectivity index (χ1v) is 9.54. The second kappa shape index (κ2) is 7.46. The molecule has 1 aliphatic rings. The van der Waals surface area contributed by atoms with Crippen LogP contribution >= 0.6 is 0 Å². The number of benzene rings is 2. The van der Waals surface area contributed by atoms with E-state index >= 15 is 0 Å². The summed E-state index contributed by atoms with van der Waals surface area (Å²) in [6.07, 6.45) is 2.68. The molecule has 0 aliphatic carbocycles. The lowest BCUT2D eigenvalue weighted by Gasteiger charge is -2.39. The van der Waals surface area contributed by atoms with Gasteiger partial charge in [0.15, 0.2) is 0 Å². The number of aryl methyl sites for hydroxylation is 1. The van der Waals surface area contributed by atoms with E-state index in [9.17, 15) is 4.79 Å². The number of nitrogens with zero attached hydrogens (tertiary/aromatic N) is 4. The Morgan fingerprint density at radius 1 is 1.07 bits per heavy atom. The summed E-state index contributed by atoms with van der Waals surface area (Å²) >= 11 is 0. The lowest BCUT2D eigenvalue weighted by atomic mass is 9.91. The Labute approximate surface area is 164 Å². The first-order valence-electron chi connectivity index (χ1n) is 9.54. The average molecular weight is 376 g/mol. The van der Waals surface area contributed by atoms with E-state index < -0.39 is 0 Å². The molecule has 6 nitrogen and oxygen atoms in total. The van der Waals surface area contributed by atoms with Crippen molar-refractivity contribution in [3.05, 3.63) is 71.5 Å². The highest BCUT2D eigenvalue weighted by molar-refractivity contribution is 5.92. The standard InChI is InChI=1S/C22H24N4O2/c1-4-21(27)25-19(16-9-11-18(28-3)12-10-16)13-20(26-22(25)23-14-24-26)17-7-5-15(2)6-8-17/h5-12,14,19-20H,4,13H2,1-3H3/t19-,20-/m1/s1. The van der Waals surface area contributed by atoms with Gasteiger partial charge in [0.1, 0.15) is 12.1 Å². The predicted molar refractivity (Wildman–Crippen MR) is 107 cm³/mol. The van der Waals surface area contributed by atoms with Gasteiger partial charge in [-0.1, -0.05) is 48.9 Å². The van der Waals surface area contributed by atoms with Crippen LogP contribution < -0.4 is 9.64 Å². The summed E-state index contributed by atoms with van der Waals surface area (Å²) in [4.78, 5) is 19.1. The van der Waals surface area contributed by atoms with E-state index in [1.54, 1.807) is 12.0 Å². The molecule has 6 heteroatoms. The largest absolute Gasteiger partial charge is 0.497 e. The zero-order valence-corrected chi connectivity index (χ0v) is 16.4. The number of hydrogen-bond acceptors (Lipinski definition) is 4. The number of amides is 1. The lowest BCUT2D eigenvalue weighted by molar-refractivity contribution is -0.119. The van der Waals surface area contributed by atoms with E-state index in [4.69, 9.17) is 4.74 Å². The Balaban J connectivity index is 1.81. The summed E-state index contributed by atoms with van der Waals surface area (Å²) in [7, 11) is 1.65. The predicted octanol–water partition coefficient (Wildman–Crippen LogP) is 4.07. The van der Waals surface area contributed by atoms with Crippen LogP contribution in [0.5, 0.6) is 5.75 Å². The quantitative estimate of drug-likeness (QED) is 0.689. The molecule has 3 aromatic rings. The van der Waals surface area contributed by atoms with Crippen molar-refractivity contribution in [1.82, 2.24) is 14.8 Å². The molecule has 0 saturated heterocycles. The van der Waals surface area contributed by atoms with Gasteiger partial charge < -0.3 is 4.74 Å². The van der Waals surface area contributed by atoms with Crippen LogP contribution in [0.1, 0.15) is 48.5 Å². The number of rotatable bonds is 4. The zero-order valence-electron chi connectivity index (χ0n) is 16.4. The molecule has 0 N–H and O–H groups in total. The van der Waals surface area contributed by atoms with Gasteiger partial charge in [-0.25, -0.2) is 4.68 Å². The van der Waals surface area contributed by atoms with Gasteiger partial charge in [-0.2, -0.15) is 10.1 Å². The van der Waals surface area contributed by atoms with Crippen molar-refractivity contribution in [2.75, 3.05) is 12.0 Å². The van der Waals surface area contributed by atoms with Gasteiger partial charge in [0, 0.05) is 6.42 Å². The molecule has 2 heterocycles. The molecule has 2 atom stereocenters. The Hall–Kier alpha value is -3.15. The fraction of sp³-hybridized carbons (Fsp3) is 0.318. The van der Waals surface area contributed by atoms with E-state index in [-0.39, 0.29) is 18.0 Å². The molecule has 144 valence electrons. The van der Waals surface area contributed by atoms with E-state index in [2.05, 4.69) is 41.3 Å². The topological polar surface area (TPSA) is 60.2 Å². The summed E-state index contributed by atoms with van der Waals surface area (Å²) in [6.45, 7) is 3.95. The number of carbonyl (C=O) groups excluding carboxylic acids is 1. The number of hydrogen-bond donors (Lipinski definition) is 0. The third kappa shape index (κ3) is 3.15. The summed E-state index contributed by atoms with van der Waals surface area (Å²) < 4.78 is 7.16. The van der Waals surface area contributed by atoms with Crippen molar-refractivity contribution in [3.63, 3.8) is 0 Å². The van der Waals surface area contributed by atoms with Crippen LogP contribution in [0.4, 0.5) is 5.95 Å². The third-order valence-electron chi connectivity index (χ3n) is 5.36. The van der Waals surface area contributed by atoms with E-state index in [0.29, 0.717) is 12.4 Å². The Morgan fingerprint density at radius 3 is 2.36 bits per heavy atom. The minimum absolute atomic E-state index is 0.0195. The molecule has 28 heavy (non-hydrogen) atoms. The van der Waals surface area contributed by atoms with Crippen LogP contribution in [0.25, 0.3) is 0 Å². The molecule has 1 amide bonds. The number of anilines is 1. The molecular formula is C22H24N4O2. The number of fused-ring (bicyclic) bond motifs is 1. The third-order valence-corrected chi connectivity index (χ3v) is 5.36. The zero-order chi connectivity index (χ0) is 19.7. The Bertz CT molecular complexity index is 963. The van der Waals surface area contributed by atoms with Crippen molar-refractivity contribution in [1.29, 1.82) is 0 Å². The van der Waals surface area contributed by atoms with Gasteiger partial charge in [-0.05, 0) is 36.6 Å². The first-order chi connectivity index (χ1) is 13.6. The Kier molecular flexibility index (Phi) is 4.86. The summed E-state index contributed by atoms with van der Waals surface area (Å²) in [5, 5.41) is 4.45. The van der Waals surface area contributed by atoms with Gasteiger partial charge >= 0.3 is 0 Å². The van der Waals surface area contributed by atoms with Crippen molar-refractivity contribution in [3.8, 4) is 5.75 Å². The molecular weight excluding hydrogens is 352 g/mol. The first kappa shape index (κ1) is 18.2. The van der Waals surface area contributed by atoms with Crippen LogP contribution in [0, 0.1) is 6.92 Å². The van der Waals surface area contributed by atoms with Crippen molar-refractivity contribution >= 4 is 11.9 Å². The molecule has 1 aromatic heterocycles. The molecule has 2 aromatic carbocycles. The molecule has 0 unspecified atom stereocenters. The van der Waals surface area contributed by atoms with Crippen LogP contribution in [0.2, 0.25) is 0 Å². The number of ether oxygens (including phenoxy) is 1. The smallest absolute Gasteiger partial charge is 0.231 e. The SMILES string of the molecule is CCC(=O)N1c2ncnn2[C@@H](c2ccc(C)cc2)C[C@@H]1c1ccc(OC)cc1. The molecule has 1 aliphatic heterocycles. The van der Waals surface area contributed by atoms with Gasteiger partial charge in [0.05, 0.1) is 19.2 Å². The molecule has 0 bridgehead atoms. The van der Waals surface area contributed by atoms with Gasteiger partial charge in [0.25, 0.3) is 0 Å².